The van der Waals surface area contributed by atoms with Crippen molar-refractivity contribution in [3.63, 3.8) is 0 Å². The molecule has 2 aromatic rings. The molecule has 0 aliphatic carbocycles. The number of thiazole rings is 1. The molecule has 0 spiro atoms. The molecule has 4 heteroatoms. The fraction of sp³-hybridized carbons (Fsp3) is 0.357. The zero-order valence-corrected chi connectivity index (χ0v) is 11.8. The molecule has 0 saturated carbocycles. The Hall–Kier alpha value is -1.39. The van der Waals surface area contributed by atoms with E-state index in [1.165, 1.54) is 5.56 Å². The van der Waals surface area contributed by atoms with Crippen LogP contribution in [-0.4, -0.2) is 12.1 Å². The second-order valence-corrected chi connectivity index (χ2v) is 5.39. The van der Waals surface area contributed by atoms with Crippen LogP contribution in [0.15, 0.2) is 23.6 Å². The summed E-state index contributed by atoms with van der Waals surface area (Å²) in [6.07, 6.45) is 0. The van der Waals surface area contributed by atoms with Gasteiger partial charge in [-0.15, -0.1) is 11.3 Å². The van der Waals surface area contributed by atoms with Gasteiger partial charge in [0.15, 0.2) is 0 Å². The Morgan fingerprint density at radius 1 is 1.39 bits per heavy atom. The van der Waals surface area contributed by atoms with Crippen molar-refractivity contribution >= 4 is 11.3 Å². The number of hydrogen-bond donors (Lipinski definition) is 1. The lowest BCUT2D eigenvalue weighted by atomic mass is 9.99. The Morgan fingerprint density at radius 3 is 2.72 bits per heavy atom. The van der Waals surface area contributed by atoms with Gasteiger partial charge in [0, 0.05) is 17.5 Å². The van der Waals surface area contributed by atoms with Crippen molar-refractivity contribution < 1.29 is 4.74 Å². The normalized spacial score (nSPS) is 10.9. The van der Waals surface area contributed by atoms with E-state index >= 15 is 0 Å². The van der Waals surface area contributed by atoms with Crippen LogP contribution in [0.1, 0.15) is 30.3 Å². The second kappa shape index (κ2) is 5.50. The summed E-state index contributed by atoms with van der Waals surface area (Å²) in [6.45, 7) is 4.84. The first-order chi connectivity index (χ1) is 8.65. The standard InChI is InChI=1S/C14H18N2OS/c1-9(2)10-4-5-13(17-3)11(6-10)12-8-18-14(7-15)16-12/h4-6,8-9H,7,15H2,1-3H3. The summed E-state index contributed by atoms with van der Waals surface area (Å²) in [5.74, 6) is 1.34. The molecule has 0 radical (unpaired) electrons. The maximum atomic E-state index is 5.61. The highest BCUT2D eigenvalue weighted by molar-refractivity contribution is 7.09. The lowest BCUT2D eigenvalue weighted by Gasteiger charge is -2.11. The van der Waals surface area contributed by atoms with Crippen LogP contribution in [0.3, 0.4) is 0 Å². The molecule has 0 fully saturated rings. The molecule has 18 heavy (non-hydrogen) atoms. The average molecular weight is 262 g/mol. The topological polar surface area (TPSA) is 48.1 Å². The fourth-order valence-electron chi connectivity index (χ4n) is 1.81. The molecule has 2 rings (SSSR count). The number of benzene rings is 1. The Balaban J connectivity index is 2.49. The number of nitrogens with two attached hydrogens (primary N) is 1. The highest BCUT2D eigenvalue weighted by atomic mass is 32.1. The van der Waals surface area contributed by atoms with Crippen molar-refractivity contribution in [1.82, 2.24) is 4.98 Å². The minimum Gasteiger partial charge on any atom is -0.496 e. The van der Waals surface area contributed by atoms with Crippen LogP contribution in [0.2, 0.25) is 0 Å². The van der Waals surface area contributed by atoms with Gasteiger partial charge in [0.25, 0.3) is 0 Å². The Bertz CT molecular complexity index is 534. The van der Waals surface area contributed by atoms with Crippen molar-refractivity contribution in [3.8, 4) is 17.0 Å². The largest absolute Gasteiger partial charge is 0.496 e. The molecule has 96 valence electrons. The lowest BCUT2D eigenvalue weighted by Crippen LogP contribution is -1.96. The average Bonchev–Trinajstić information content (AvgIpc) is 2.86. The number of aromatic nitrogens is 1. The minimum atomic E-state index is 0.483. The van der Waals surface area contributed by atoms with Crippen LogP contribution in [-0.2, 0) is 6.54 Å². The first-order valence-corrected chi connectivity index (χ1v) is 6.86. The molecular weight excluding hydrogens is 244 g/mol. The molecule has 0 aliphatic rings. The van der Waals surface area contributed by atoms with Gasteiger partial charge in [-0.2, -0.15) is 0 Å². The molecule has 0 atom stereocenters. The van der Waals surface area contributed by atoms with Gasteiger partial charge in [0.2, 0.25) is 0 Å². The quantitative estimate of drug-likeness (QED) is 0.918. The van der Waals surface area contributed by atoms with E-state index in [1.807, 2.05) is 11.4 Å². The van der Waals surface area contributed by atoms with Gasteiger partial charge in [-0.25, -0.2) is 4.98 Å². The van der Waals surface area contributed by atoms with Crippen LogP contribution in [0, 0.1) is 0 Å². The predicted molar refractivity (Wildman–Crippen MR) is 76.1 cm³/mol. The van der Waals surface area contributed by atoms with Crippen molar-refractivity contribution in [2.24, 2.45) is 5.73 Å². The van der Waals surface area contributed by atoms with Gasteiger partial charge in [-0.05, 0) is 23.6 Å². The summed E-state index contributed by atoms with van der Waals surface area (Å²) in [7, 11) is 1.68. The molecule has 0 amide bonds. The van der Waals surface area contributed by atoms with E-state index < -0.39 is 0 Å². The molecule has 0 unspecified atom stereocenters. The summed E-state index contributed by atoms with van der Waals surface area (Å²) in [4.78, 5) is 4.52. The van der Waals surface area contributed by atoms with E-state index in [9.17, 15) is 0 Å². The molecular formula is C14H18N2OS. The van der Waals surface area contributed by atoms with Crippen molar-refractivity contribution in [3.05, 3.63) is 34.2 Å². The molecule has 0 saturated heterocycles. The van der Waals surface area contributed by atoms with Gasteiger partial charge >= 0.3 is 0 Å². The summed E-state index contributed by atoms with van der Waals surface area (Å²) in [5, 5.41) is 2.98. The smallest absolute Gasteiger partial charge is 0.128 e. The van der Waals surface area contributed by atoms with E-state index in [4.69, 9.17) is 10.5 Å². The van der Waals surface area contributed by atoms with Crippen molar-refractivity contribution in [2.75, 3.05) is 7.11 Å². The van der Waals surface area contributed by atoms with Gasteiger partial charge in [-0.3, -0.25) is 0 Å². The van der Waals surface area contributed by atoms with E-state index in [1.54, 1.807) is 18.4 Å². The summed E-state index contributed by atoms with van der Waals surface area (Å²) < 4.78 is 5.41. The highest BCUT2D eigenvalue weighted by Crippen LogP contribution is 2.33. The first-order valence-electron chi connectivity index (χ1n) is 5.98. The number of nitrogens with zero attached hydrogens (tertiary/aromatic N) is 1. The molecule has 1 heterocycles. The van der Waals surface area contributed by atoms with E-state index in [0.29, 0.717) is 12.5 Å². The maximum Gasteiger partial charge on any atom is 0.128 e. The number of rotatable bonds is 4. The molecule has 1 aromatic carbocycles. The Morgan fingerprint density at radius 2 is 2.17 bits per heavy atom. The third kappa shape index (κ3) is 2.54. The summed E-state index contributed by atoms with van der Waals surface area (Å²) >= 11 is 1.59. The highest BCUT2D eigenvalue weighted by Gasteiger charge is 2.11. The SMILES string of the molecule is COc1ccc(C(C)C)cc1-c1csc(CN)n1. The number of ether oxygens (including phenoxy) is 1. The molecule has 1 aromatic heterocycles. The zero-order chi connectivity index (χ0) is 13.1. The second-order valence-electron chi connectivity index (χ2n) is 4.45. The van der Waals surface area contributed by atoms with E-state index in [2.05, 4.69) is 31.0 Å². The first kappa shape index (κ1) is 13.1. The van der Waals surface area contributed by atoms with E-state index in [-0.39, 0.29) is 0 Å². The van der Waals surface area contributed by atoms with Crippen LogP contribution < -0.4 is 10.5 Å². The Labute approximate surface area is 112 Å². The lowest BCUT2D eigenvalue weighted by molar-refractivity contribution is 0.416. The molecule has 3 nitrogen and oxygen atoms in total. The molecule has 2 N–H and O–H groups in total. The van der Waals surface area contributed by atoms with Gasteiger partial charge in [-0.1, -0.05) is 19.9 Å². The summed E-state index contributed by atoms with van der Waals surface area (Å²) in [5.41, 5.74) is 8.88. The van der Waals surface area contributed by atoms with Crippen LogP contribution in [0.5, 0.6) is 5.75 Å². The third-order valence-electron chi connectivity index (χ3n) is 2.89. The monoisotopic (exact) mass is 262 g/mol. The number of methoxy groups -OCH3 is 1. The van der Waals surface area contributed by atoms with Crippen molar-refractivity contribution in [2.45, 2.75) is 26.3 Å². The fourth-order valence-corrected chi connectivity index (χ4v) is 2.49. The van der Waals surface area contributed by atoms with Crippen molar-refractivity contribution in [1.29, 1.82) is 0 Å². The van der Waals surface area contributed by atoms with Crippen LogP contribution in [0.25, 0.3) is 11.3 Å². The van der Waals surface area contributed by atoms with E-state index in [0.717, 1.165) is 22.0 Å². The Kier molecular flexibility index (Phi) is 3.99. The van der Waals surface area contributed by atoms with Gasteiger partial charge < -0.3 is 10.5 Å². The van der Waals surface area contributed by atoms with Gasteiger partial charge in [0.1, 0.15) is 10.8 Å². The summed E-state index contributed by atoms with van der Waals surface area (Å²) in [6, 6.07) is 6.26. The molecule has 0 bridgehead atoms. The zero-order valence-electron chi connectivity index (χ0n) is 10.9. The third-order valence-corrected chi connectivity index (χ3v) is 3.76. The van der Waals surface area contributed by atoms with Gasteiger partial charge in [0.05, 0.1) is 12.8 Å². The minimum absolute atomic E-state index is 0.483. The maximum absolute atomic E-state index is 5.61. The predicted octanol–water partition coefficient (Wildman–Crippen LogP) is 3.40. The van der Waals surface area contributed by atoms with Crippen LogP contribution >= 0.6 is 11.3 Å². The molecule has 0 aliphatic heterocycles. The number of hydrogen-bond acceptors (Lipinski definition) is 4. The van der Waals surface area contributed by atoms with Crippen LogP contribution in [0.4, 0.5) is 0 Å².